The van der Waals surface area contributed by atoms with Crippen molar-refractivity contribution in [2.45, 2.75) is 25.7 Å². The van der Waals surface area contributed by atoms with E-state index in [0.717, 1.165) is 48.2 Å². The smallest absolute Gasteiger partial charge is 0.270 e. The molecule has 10 heteroatoms. The summed E-state index contributed by atoms with van der Waals surface area (Å²) in [6.07, 6.45) is 7.37. The number of nitrogens with zero attached hydrogens (tertiary/aromatic N) is 2. The summed E-state index contributed by atoms with van der Waals surface area (Å²) in [4.78, 5) is 31.4. The van der Waals surface area contributed by atoms with E-state index in [-0.39, 0.29) is 11.6 Å². The summed E-state index contributed by atoms with van der Waals surface area (Å²) in [6.45, 7) is 3.89. The molecule has 9 nitrogen and oxygen atoms in total. The number of hydrogen-bond acceptors (Lipinski definition) is 8. The van der Waals surface area contributed by atoms with Crippen molar-refractivity contribution < 1.29 is 19.1 Å². The number of nitrogens with two attached hydrogens (primary N) is 1. The Morgan fingerprint density at radius 1 is 1.15 bits per heavy atom. The predicted octanol–water partition coefficient (Wildman–Crippen LogP) is 3.65. The van der Waals surface area contributed by atoms with Crippen molar-refractivity contribution in [3.05, 3.63) is 53.4 Å². The molecule has 0 radical (unpaired) electrons. The van der Waals surface area contributed by atoms with Crippen LogP contribution in [0, 0.1) is 0 Å². The molecule has 0 spiro atoms. The number of thiazole rings is 1. The first-order valence-electron chi connectivity index (χ1n) is 11.3. The van der Waals surface area contributed by atoms with Crippen LogP contribution in [0.2, 0.25) is 0 Å². The number of nitrogens with one attached hydrogen (secondary N) is 2. The largest absolute Gasteiger partial charge is 0.497 e. The van der Waals surface area contributed by atoms with Crippen LogP contribution in [-0.4, -0.2) is 55.0 Å². The Balaban J connectivity index is 1.36. The number of aromatic nitrogens is 1. The molecule has 0 bridgehead atoms. The van der Waals surface area contributed by atoms with Crippen LogP contribution < -0.4 is 21.1 Å². The van der Waals surface area contributed by atoms with Gasteiger partial charge in [0, 0.05) is 24.2 Å². The molecule has 2 aliphatic rings. The van der Waals surface area contributed by atoms with Gasteiger partial charge in [-0.15, -0.1) is 0 Å². The molecule has 1 aromatic carbocycles. The van der Waals surface area contributed by atoms with Crippen molar-refractivity contribution >= 4 is 39.0 Å². The average Bonchev–Trinajstić information content (AvgIpc) is 3.50. The predicted molar refractivity (Wildman–Crippen MR) is 133 cm³/mol. The van der Waals surface area contributed by atoms with Gasteiger partial charge in [-0.3, -0.25) is 14.5 Å². The number of likely N-dealkylation sites (tertiary alicyclic amines) is 1. The fourth-order valence-electron chi connectivity index (χ4n) is 3.85. The average molecular weight is 484 g/mol. The van der Waals surface area contributed by atoms with Gasteiger partial charge in [-0.05, 0) is 62.7 Å². The van der Waals surface area contributed by atoms with Crippen LogP contribution in [0.5, 0.6) is 5.75 Å². The molecule has 4 rings (SSSR count). The Morgan fingerprint density at radius 3 is 2.56 bits per heavy atom. The fraction of sp³-hybridized carbons (Fsp3) is 0.375. The van der Waals surface area contributed by atoms with Crippen LogP contribution in [0.4, 0.5) is 15.8 Å². The second kappa shape index (κ2) is 11.2. The highest BCUT2D eigenvalue weighted by Crippen LogP contribution is 2.32. The first-order chi connectivity index (χ1) is 16.5. The van der Waals surface area contributed by atoms with E-state index in [4.69, 9.17) is 15.2 Å². The van der Waals surface area contributed by atoms with E-state index in [1.165, 1.54) is 12.8 Å². The Bertz CT molecular complexity index is 1090. The van der Waals surface area contributed by atoms with Crippen LogP contribution in [-0.2, 0) is 9.53 Å². The number of rotatable bonds is 10. The highest BCUT2D eigenvalue weighted by molar-refractivity contribution is 7.20. The number of amides is 2. The maximum atomic E-state index is 12.8. The Labute approximate surface area is 202 Å². The molecule has 180 valence electrons. The van der Waals surface area contributed by atoms with E-state index < -0.39 is 5.91 Å². The standard InChI is InChI=1S/C24H29N5O4S/c1-32-18-10-6-17(7-11-18)26-24-27-20(21(25)30)23(34-24)28-22(31)16-4-8-19(9-5-16)33-15-14-29-12-2-3-13-29/h4,6-8,10-11H,2-3,5,9,12-15H2,1H3,(H2,25,30)(H,26,27)(H,28,31). The number of anilines is 3. The third-order valence-corrected chi connectivity index (χ3v) is 6.61. The first kappa shape index (κ1) is 23.8. The quantitative estimate of drug-likeness (QED) is 0.472. The number of hydrogen-bond donors (Lipinski definition) is 3. The number of carbonyl (C=O) groups is 2. The molecule has 1 aliphatic carbocycles. The van der Waals surface area contributed by atoms with Crippen molar-refractivity contribution in [3.8, 4) is 5.75 Å². The molecular weight excluding hydrogens is 454 g/mol. The van der Waals surface area contributed by atoms with Crippen LogP contribution in [0.15, 0.2) is 47.7 Å². The van der Waals surface area contributed by atoms with Crippen molar-refractivity contribution in [2.75, 3.05) is 44.0 Å². The molecular formula is C24H29N5O4S. The zero-order valence-electron chi connectivity index (χ0n) is 19.1. The van der Waals surface area contributed by atoms with Crippen molar-refractivity contribution in [1.29, 1.82) is 0 Å². The number of allylic oxidation sites excluding steroid dienone is 3. The third kappa shape index (κ3) is 6.15. The number of methoxy groups -OCH3 is 1. The van der Waals surface area contributed by atoms with Gasteiger partial charge in [0.25, 0.3) is 11.8 Å². The summed E-state index contributed by atoms with van der Waals surface area (Å²) in [5, 5.41) is 6.67. The molecule has 1 aliphatic heterocycles. The summed E-state index contributed by atoms with van der Waals surface area (Å²) in [5.41, 5.74) is 6.89. The zero-order chi connectivity index (χ0) is 23.9. The molecule has 1 saturated heterocycles. The highest BCUT2D eigenvalue weighted by atomic mass is 32.1. The van der Waals surface area contributed by atoms with Gasteiger partial charge in [-0.2, -0.15) is 0 Å². The minimum atomic E-state index is -0.708. The maximum Gasteiger partial charge on any atom is 0.270 e. The lowest BCUT2D eigenvalue weighted by Crippen LogP contribution is -2.24. The fourth-order valence-corrected chi connectivity index (χ4v) is 4.73. The lowest BCUT2D eigenvalue weighted by molar-refractivity contribution is -0.113. The zero-order valence-corrected chi connectivity index (χ0v) is 20.0. The van der Waals surface area contributed by atoms with Crippen molar-refractivity contribution in [1.82, 2.24) is 9.88 Å². The molecule has 2 amide bonds. The normalized spacial score (nSPS) is 15.9. The minimum Gasteiger partial charge on any atom is -0.497 e. The molecule has 4 N–H and O–H groups in total. The number of primary amides is 1. The van der Waals surface area contributed by atoms with Gasteiger partial charge in [0.05, 0.1) is 12.9 Å². The molecule has 1 aromatic heterocycles. The van der Waals surface area contributed by atoms with E-state index in [1.807, 2.05) is 18.2 Å². The van der Waals surface area contributed by atoms with E-state index in [2.05, 4.69) is 20.5 Å². The first-order valence-corrected chi connectivity index (χ1v) is 12.1. The van der Waals surface area contributed by atoms with E-state index in [0.29, 0.717) is 35.2 Å². The van der Waals surface area contributed by atoms with Gasteiger partial charge in [-0.1, -0.05) is 17.4 Å². The summed E-state index contributed by atoms with van der Waals surface area (Å²) in [7, 11) is 1.60. The molecule has 0 saturated carbocycles. The SMILES string of the molecule is COc1ccc(Nc2nc(C(N)=O)c(NC(=O)C3=CC=C(OCCN4CCCC4)CC3)s2)cc1. The molecule has 2 aromatic rings. The van der Waals surface area contributed by atoms with Crippen molar-refractivity contribution in [2.24, 2.45) is 5.73 Å². The van der Waals surface area contributed by atoms with Crippen LogP contribution >= 0.6 is 11.3 Å². The molecule has 0 unspecified atom stereocenters. The van der Waals surface area contributed by atoms with Crippen molar-refractivity contribution in [3.63, 3.8) is 0 Å². The summed E-state index contributed by atoms with van der Waals surface area (Å²) in [6, 6.07) is 7.26. The molecule has 1 fully saturated rings. The van der Waals surface area contributed by atoms with Gasteiger partial charge in [0.2, 0.25) is 0 Å². The van der Waals surface area contributed by atoms with Gasteiger partial charge >= 0.3 is 0 Å². The van der Waals surface area contributed by atoms with Crippen LogP contribution in [0.1, 0.15) is 36.2 Å². The van der Waals surface area contributed by atoms with Gasteiger partial charge in [0.15, 0.2) is 10.8 Å². The maximum absolute atomic E-state index is 12.8. The molecule has 2 heterocycles. The monoisotopic (exact) mass is 483 g/mol. The lowest BCUT2D eigenvalue weighted by Gasteiger charge is -2.18. The highest BCUT2D eigenvalue weighted by Gasteiger charge is 2.21. The van der Waals surface area contributed by atoms with Crippen LogP contribution in [0.3, 0.4) is 0 Å². The Hall–Kier alpha value is -3.37. The lowest BCUT2D eigenvalue weighted by atomic mass is 10.0. The number of benzene rings is 1. The van der Waals surface area contributed by atoms with E-state index in [1.54, 1.807) is 25.3 Å². The number of ether oxygens (including phenoxy) is 2. The Morgan fingerprint density at radius 2 is 1.91 bits per heavy atom. The van der Waals surface area contributed by atoms with Gasteiger partial charge in [0.1, 0.15) is 17.4 Å². The second-order valence-corrected chi connectivity index (χ2v) is 9.09. The summed E-state index contributed by atoms with van der Waals surface area (Å²) in [5.74, 6) is 0.623. The molecule has 0 atom stereocenters. The third-order valence-electron chi connectivity index (χ3n) is 5.73. The van der Waals surface area contributed by atoms with Crippen LogP contribution in [0.25, 0.3) is 0 Å². The number of carbonyl (C=O) groups excluding carboxylic acids is 2. The van der Waals surface area contributed by atoms with E-state index in [9.17, 15) is 9.59 Å². The summed E-state index contributed by atoms with van der Waals surface area (Å²) < 4.78 is 11.0. The molecule has 34 heavy (non-hydrogen) atoms. The topological polar surface area (TPSA) is 119 Å². The summed E-state index contributed by atoms with van der Waals surface area (Å²) >= 11 is 1.15. The minimum absolute atomic E-state index is 0.0206. The Kier molecular flexibility index (Phi) is 7.81. The van der Waals surface area contributed by atoms with Gasteiger partial charge in [-0.25, -0.2) is 4.98 Å². The van der Waals surface area contributed by atoms with E-state index >= 15 is 0 Å². The second-order valence-electron chi connectivity index (χ2n) is 8.09. The van der Waals surface area contributed by atoms with Gasteiger partial charge < -0.3 is 25.8 Å².